The van der Waals surface area contributed by atoms with Crippen LogP contribution in [0.25, 0.3) is 0 Å². The highest BCUT2D eigenvalue weighted by atomic mass is 32.2. The van der Waals surface area contributed by atoms with E-state index in [0.29, 0.717) is 0 Å². The summed E-state index contributed by atoms with van der Waals surface area (Å²) in [5.74, 6) is -5.10. The lowest BCUT2D eigenvalue weighted by atomic mass is 10.4. The first-order chi connectivity index (χ1) is 7.96. The van der Waals surface area contributed by atoms with Gasteiger partial charge in [-0.05, 0) is 0 Å². The summed E-state index contributed by atoms with van der Waals surface area (Å²) in [6.45, 7) is -0.518. The van der Waals surface area contributed by atoms with E-state index < -0.39 is 40.4 Å². The summed E-state index contributed by atoms with van der Waals surface area (Å²) in [6.07, 6.45) is -12.1. The Morgan fingerprint density at radius 2 is 1.16 bits per heavy atom. The third-order valence-electron chi connectivity index (χ3n) is 1.42. The van der Waals surface area contributed by atoms with Gasteiger partial charge in [-0.1, -0.05) is 0 Å². The van der Waals surface area contributed by atoms with Crippen molar-refractivity contribution < 1.29 is 57.9 Å². The Balaban J connectivity index is 5.12. The molecule has 0 aromatic rings. The molecule has 0 bridgehead atoms. The van der Waals surface area contributed by atoms with E-state index in [-0.39, 0.29) is 0 Å². The highest BCUT2D eigenvalue weighted by Gasteiger charge is 2.70. The van der Waals surface area contributed by atoms with Crippen LogP contribution in [0, 0.1) is 0 Å². The fourth-order valence-electron chi connectivity index (χ4n) is 0.376. The SMILES string of the molecule is CC(F)(F)C(F)(F)OOC(F)(F)C(F)(F)S(=O)(=O)O. The Hall–Kier alpha value is -0.730. The first kappa shape index (κ1) is 18.3. The molecule has 0 radical (unpaired) electrons. The zero-order valence-corrected chi connectivity index (χ0v) is 9.33. The van der Waals surface area contributed by atoms with Crippen molar-refractivity contribution in [1.82, 2.24) is 0 Å². The van der Waals surface area contributed by atoms with Gasteiger partial charge in [-0.3, -0.25) is 4.55 Å². The molecule has 0 heterocycles. The van der Waals surface area contributed by atoms with E-state index in [1.165, 1.54) is 0 Å². The molecule has 0 aromatic heterocycles. The third-order valence-corrected chi connectivity index (χ3v) is 2.31. The summed E-state index contributed by atoms with van der Waals surface area (Å²) in [6, 6.07) is 0. The van der Waals surface area contributed by atoms with Crippen molar-refractivity contribution in [3.8, 4) is 0 Å². The van der Waals surface area contributed by atoms with Gasteiger partial charge in [0.05, 0.1) is 0 Å². The minimum Gasteiger partial charge on any atom is -0.281 e. The Bertz CT molecular complexity index is 425. The van der Waals surface area contributed by atoms with Gasteiger partial charge in [0.25, 0.3) is 0 Å². The minimum atomic E-state index is -6.78. The summed E-state index contributed by atoms with van der Waals surface area (Å²) in [4.78, 5) is 4.21. The van der Waals surface area contributed by atoms with Gasteiger partial charge < -0.3 is 0 Å². The average Bonchev–Trinajstić information content (AvgIpc) is 2.11. The monoisotopic (exact) mass is 328 g/mol. The number of alkyl halides is 8. The predicted octanol–water partition coefficient (Wildman–Crippen LogP) is 2.26. The standard InChI is InChI=1S/C5H4F8O5S/c1-2(6,7)3(8,9)17-18-4(10,11)5(12,13)19(14,15)16/h1H3,(H,14,15,16). The summed E-state index contributed by atoms with van der Waals surface area (Å²) in [7, 11) is -6.78. The fraction of sp³-hybridized carbons (Fsp3) is 1.00. The van der Waals surface area contributed by atoms with Crippen molar-refractivity contribution in [2.24, 2.45) is 0 Å². The summed E-state index contributed by atoms with van der Waals surface area (Å²) in [5.41, 5.74) is 0. The van der Waals surface area contributed by atoms with Crippen molar-refractivity contribution in [2.75, 3.05) is 0 Å². The topological polar surface area (TPSA) is 72.8 Å². The zero-order chi connectivity index (χ0) is 15.9. The highest BCUT2D eigenvalue weighted by Crippen LogP contribution is 2.42. The molecule has 0 rings (SSSR count). The van der Waals surface area contributed by atoms with Crippen molar-refractivity contribution in [3.05, 3.63) is 0 Å². The molecule has 0 aliphatic heterocycles. The molecule has 5 nitrogen and oxygen atoms in total. The number of hydrogen-bond acceptors (Lipinski definition) is 4. The van der Waals surface area contributed by atoms with E-state index in [9.17, 15) is 43.5 Å². The Morgan fingerprint density at radius 3 is 1.42 bits per heavy atom. The van der Waals surface area contributed by atoms with E-state index in [1.54, 1.807) is 0 Å². The molecule has 0 saturated heterocycles. The Morgan fingerprint density at radius 1 is 0.842 bits per heavy atom. The highest BCUT2D eigenvalue weighted by molar-refractivity contribution is 7.86. The number of rotatable bonds is 6. The molecule has 1 N–H and O–H groups in total. The van der Waals surface area contributed by atoms with Gasteiger partial charge in [-0.2, -0.15) is 48.4 Å². The zero-order valence-electron chi connectivity index (χ0n) is 8.51. The van der Waals surface area contributed by atoms with E-state index in [2.05, 4.69) is 9.78 Å². The van der Waals surface area contributed by atoms with Gasteiger partial charge in [-0.25, -0.2) is 0 Å². The van der Waals surface area contributed by atoms with Crippen LogP contribution in [0.1, 0.15) is 6.92 Å². The maximum absolute atomic E-state index is 12.4. The van der Waals surface area contributed by atoms with Crippen molar-refractivity contribution in [1.29, 1.82) is 0 Å². The molecule has 0 aliphatic rings. The second kappa shape index (κ2) is 4.68. The predicted molar refractivity (Wildman–Crippen MR) is 39.2 cm³/mol. The van der Waals surface area contributed by atoms with Crippen molar-refractivity contribution in [3.63, 3.8) is 0 Å². The second-order valence-electron chi connectivity index (χ2n) is 3.08. The number of hydrogen-bond donors (Lipinski definition) is 1. The lowest BCUT2D eigenvalue weighted by molar-refractivity contribution is -0.559. The van der Waals surface area contributed by atoms with Gasteiger partial charge >= 0.3 is 33.5 Å². The fourth-order valence-corrected chi connectivity index (χ4v) is 0.711. The number of halogens is 8. The van der Waals surface area contributed by atoms with Crippen molar-refractivity contribution >= 4 is 10.1 Å². The molecule has 116 valence electrons. The second-order valence-corrected chi connectivity index (χ2v) is 4.54. The molecule has 0 amide bonds. The Kier molecular flexibility index (Phi) is 4.50. The quantitative estimate of drug-likeness (QED) is 0.350. The van der Waals surface area contributed by atoms with Gasteiger partial charge in [0.1, 0.15) is 0 Å². The molecule has 0 aromatic carbocycles. The minimum absolute atomic E-state index is 0.518. The molecule has 19 heavy (non-hydrogen) atoms. The lowest BCUT2D eigenvalue weighted by Gasteiger charge is -2.26. The lowest BCUT2D eigenvalue weighted by Crippen LogP contribution is -2.51. The molecule has 0 unspecified atom stereocenters. The van der Waals surface area contributed by atoms with Crippen LogP contribution in [0.15, 0.2) is 0 Å². The van der Waals surface area contributed by atoms with Crippen LogP contribution in [0.4, 0.5) is 35.1 Å². The maximum Gasteiger partial charge on any atom is 0.463 e. The van der Waals surface area contributed by atoms with Gasteiger partial charge in [0, 0.05) is 6.92 Å². The van der Waals surface area contributed by atoms with E-state index in [1.807, 2.05) is 0 Å². The first-order valence-corrected chi connectivity index (χ1v) is 5.25. The van der Waals surface area contributed by atoms with E-state index in [0.717, 1.165) is 0 Å². The summed E-state index contributed by atoms with van der Waals surface area (Å²) in [5, 5.41) is -6.40. The molecule has 0 saturated carbocycles. The van der Waals surface area contributed by atoms with Crippen LogP contribution in [0.5, 0.6) is 0 Å². The van der Waals surface area contributed by atoms with Crippen LogP contribution in [0.2, 0.25) is 0 Å². The van der Waals surface area contributed by atoms with Gasteiger partial charge in [0.2, 0.25) is 0 Å². The van der Waals surface area contributed by atoms with Crippen LogP contribution in [-0.4, -0.2) is 36.4 Å². The Labute approximate surface area is 99.3 Å². The average molecular weight is 328 g/mol. The summed E-state index contributed by atoms with van der Waals surface area (Å²) < 4.78 is 126. The van der Waals surface area contributed by atoms with Gasteiger partial charge in [-0.15, -0.1) is 4.89 Å². The maximum atomic E-state index is 12.4. The largest absolute Gasteiger partial charge is 0.463 e. The normalized spacial score (nSPS) is 15.7. The first-order valence-electron chi connectivity index (χ1n) is 3.81. The molecule has 0 spiro atoms. The van der Waals surface area contributed by atoms with Gasteiger partial charge in [0.15, 0.2) is 0 Å². The van der Waals surface area contributed by atoms with Crippen LogP contribution >= 0.6 is 0 Å². The van der Waals surface area contributed by atoms with E-state index in [4.69, 9.17) is 4.55 Å². The molecular weight excluding hydrogens is 324 g/mol. The van der Waals surface area contributed by atoms with Crippen LogP contribution in [-0.2, 0) is 19.9 Å². The molecule has 0 atom stereocenters. The smallest absolute Gasteiger partial charge is 0.281 e. The molecule has 14 heteroatoms. The van der Waals surface area contributed by atoms with E-state index >= 15 is 0 Å². The molecule has 0 aliphatic carbocycles. The molecular formula is C5H4F8O5S. The third kappa shape index (κ3) is 3.64. The summed E-state index contributed by atoms with van der Waals surface area (Å²) >= 11 is 0. The van der Waals surface area contributed by atoms with Crippen molar-refractivity contribution in [2.45, 2.75) is 30.3 Å². The van der Waals surface area contributed by atoms with Crippen LogP contribution in [0.3, 0.4) is 0 Å². The molecule has 0 fully saturated rings. The van der Waals surface area contributed by atoms with Crippen LogP contribution < -0.4 is 0 Å².